The maximum Gasteiger partial charge on any atom is 0.127 e. The minimum absolute atomic E-state index is 0.272. The maximum absolute atomic E-state index is 10.1. The van der Waals surface area contributed by atoms with Crippen molar-refractivity contribution in [3.63, 3.8) is 0 Å². The maximum atomic E-state index is 10.1. The molecule has 2 aromatic rings. The molecule has 0 aliphatic carbocycles. The number of aromatic hydroxyl groups is 1. The van der Waals surface area contributed by atoms with Crippen molar-refractivity contribution >= 4 is 27.4 Å². The van der Waals surface area contributed by atoms with Crippen LogP contribution in [0.15, 0.2) is 45.0 Å². The summed E-state index contributed by atoms with van der Waals surface area (Å²) in [6.07, 6.45) is 0.586. The summed E-state index contributed by atoms with van der Waals surface area (Å²) in [6, 6.07) is 15.5. The number of nitrogens with zero attached hydrogens (tertiary/aromatic N) is 2. The number of hydrogen-bond donors (Lipinski definition) is 1. The van der Waals surface area contributed by atoms with E-state index in [2.05, 4.69) is 38.3 Å². The monoisotopic (exact) mass is 326 g/mol. The van der Waals surface area contributed by atoms with Gasteiger partial charge >= 0.3 is 0 Å². The van der Waals surface area contributed by atoms with Crippen LogP contribution in [-0.4, -0.2) is 16.5 Å². The molecule has 1 aliphatic heterocycles. The molecule has 20 heavy (non-hydrogen) atoms. The molecule has 0 saturated heterocycles. The van der Waals surface area contributed by atoms with Crippen LogP contribution in [0.4, 0.5) is 0 Å². The van der Waals surface area contributed by atoms with Crippen molar-refractivity contribution in [2.45, 2.75) is 13.3 Å². The quantitative estimate of drug-likeness (QED) is 0.899. The van der Waals surface area contributed by atoms with Gasteiger partial charge in [0.2, 0.25) is 0 Å². The van der Waals surface area contributed by atoms with Crippen molar-refractivity contribution in [1.82, 2.24) is 0 Å². The predicted octanol–water partition coefficient (Wildman–Crippen LogP) is 3.66. The van der Waals surface area contributed by atoms with Crippen LogP contribution in [0.2, 0.25) is 0 Å². The van der Waals surface area contributed by atoms with Crippen LogP contribution in [0.1, 0.15) is 23.1 Å². The van der Waals surface area contributed by atoms with Crippen LogP contribution >= 0.6 is 15.9 Å². The molecule has 0 amide bonds. The van der Waals surface area contributed by atoms with E-state index in [0.29, 0.717) is 6.42 Å². The second kappa shape index (κ2) is 5.10. The first-order chi connectivity index (χ1) is 9.65. The lowest BCUT2D eigenvalue weighted by molar-refractivity contribution is 0.470. The Morgan fingerprint density at radius 1 is 1.10 bits per heavy atom. The first-order valence-corrected chi connectivity index (χ1v) is 6.96. The molecular formula is C16H11BrN2O. The number of benzene rings is 1. The van der Waals surface area contributed by atoms with Gasteiger partial charge in [0.05, 0.1) is 15.9 Å². The lowest BCUT2D eigenvalue weighted by Gasteiger charge is -2.06. The van der Waals surface area contributed by atoms with E-state index in [1.807, 2.05) is 37.3 Å². The zero-order valence-corrected chi connectivity index (χ0v) is 12.4. The number of hydrogen-bond acceptors (Lipinski definition) is 3. The molecule has 0 atom stereocenters. The smallest absolute Gasteiger partial charge is 0.127 e. The minimum atomic E-state index is 0.272. The van der Waals surface area contributed by atoms with Crippen molar-refractivity contribution in [2.75, 3.05) is 0 Å². The summed E-state index contributed by atoms with van der Waals surface area (Å²) in [5, 5.41) is 18.5. The summed E-state index contributed by atoms with van der Waals surface area (Å²) in [5.41, 5.74) is 4.06. The summed E-state index contributed by atoms with van der Waals surface area (Å²) in [4.78, 5) is 0. The van der Waals surface area contributed by atoms with Crippen molar-refractivity contribution < 1.29 is 5.11 Å². The highest BCUT2D eigenvalue weighted by molar-refractivity contribution is 9.10. The molecule has 0 spiro atoms. The van der Waals surface area contributed by atoms with Crippen molar-refractivity contribution in [1.29, 1.82) is 0 Å². The summed E-state index contributed by atoms with van der Waals surface area (Å²) in [6.45, 7) is 1.87. The highest BCUT2D eigenvalue weighted by Gasteiger charge is 2.19. The molecule has 4 heteroatoms. The van der Waals surface area contributed by atoms with E-state index in [0.717, 1.165) is 32.6 Å². The van der Waals surface area contributed by atoms with E-state index in [4.69, 9.17) is 0 Å². The average molecular weight is 327 g/mol. The van der Waals surface area contributed by atoms with E-state index in [-0.39, 0.29) is 5.75 Å². The molecule has 0 fully saturated rings. The molecule has 1 N–H and O–H groups in total. The van der Waals surface area contributed by atoms with Gasteiger partial charge in [0.25, 0.3) is 0 Å². The molecular weight excluding hydrogens is 316 g/mol. The van der Waals surface area contributed by atoms with Crippen LogP contribution in [0.3, 0.4) is 0 Å². The van der Waals surface area contributed by atoms with E-state index in [9.17, 15) is 5.11 Å². The molecule has 2 aromatic carbocycles. The standard InChI is InChI=1S/C16H11BrN2O/c1-10-3-2-4-13(16(10)20)15-9-14(18-19-15)11-5-7-12(17)8-6-11/h2-5,7,20H,9H2,1H3. The Bertz CT molecular complexity index is 718. The number of halogens is 1. The summed E-state index contributed by atoms with van der Waals surface area (Å²) < 4.78 is 0.859. The van der Waals surface area contributed by atoms with Gasteiger partial charge in [0.1, 0.15) is 5.75 Å². The fraction of sp³-hybridized carbons (Fsp3) is 0.125. The fourth-order valence-corrected chi connectivity index (χ4v) is 2.31. The van der Waals surface area contributed by atoms with Gasteiger partial charge in [-0.05, 0) is 46.6 Å². The summed E-state index contributed by atoms with van der Waals surface area (Å²) >= 11 is 3.33. The van der Waals surface area contributed by atoms with Gasteiger partial charge in [-0.2, -0.15) is 10.2 Å². The molecule has 3 nitrogen and oxygen atoms in total. The van der Waals surface area contributed by atoms with E-state index < -0.39 is 0 Å². The Balaban J connectivity index is 1.85. The second-order valence-corrected chi connectivity index (χ2v) is 5.44. The Hall–Kier alpha value is -2.12. The third-order valence-electron chi connectivity index (χ3n) is 3.20. The van der Waals surface area contributed by atoms with Crippen molar-refractivity contribution in [3.05, 3.63) is 63.6 Å². The van der Waals surface area contributed by atoms with Gasteiger partial charge in [-0.3, -0.25) is 0 Å². The zero-order chi connectivity index (χ0) is 14.1. The lowest BCUT2D eigenvalue weighted by atomic mass is 9.99. The van der Waals surface area contributed by atoms with Gasteiger partial charge in [0.15, 0.2) is 0 Å². The van der Waals surface area contributed by atoms with Crippen LogP contribution in [0.25, 0.3) is 0 Å². The molecule has 3 rings (SSSR count). The number of phenolic OH excluding ortho intramolecular Hbond substituents is 1. The molecule has 0 unspecified atom stereocenters. The molecule has 0 saturated carbocycles. The van der Waals surface area contributed by atoms with Crippen LogP contribution < -0.4 is 0 Å². The first kappa shape index (κ1) is 12.9. The number of aryl methyl sites for hydroxylation is 1. The fourth-order valence-electron chi connectivity index (χ4n) is 2.08. The van der Waals surface area contributed by atoms with E-state index in [1.165, 1.54) is 0 Å². The number of rotatable bonds is 2. The minimum Gasteiger partial charge on any atom is -0.507 e. The molecule has 1 heterocycles. The average Bonchev–Trinajstić information content (AvgIpc) is 2.92. The second-order valence-electron chi connectivity index (χ2n) is 4.59. The lowest BCUT2D eigenvalue weighted by Crippen LogP contribution is -2.05. The van der Waals surface area contributed by atoms with Crippen LogP contribution in [0.5, 0.6) is 5.75 Å². The van der Waals surface area contributed by atoms with Gasteiger partial charge < -0.3 is 5.11 Å². The number of para-hydroxylation sites is 1. The van der Waals surface area contributed by atoms with Gasteiger partial charge in [-0.1, -0.05) is 24.3 Å². The summed E-state index contributed by atoms with van der Waals surface area (Å²) in [7, 11) is 0. The Labute approximate surface area is 125 Å². The summed E-state index contributed by atoms with van der Waals surface area (Å²) in [5.74, 6) is 0.272. The SMILES string of the molecule is Cc1cccc(C2=NN=C(c3c#cc(Br)cc3)C2)c1O. The van der Waals surface area contributed by atoms with Gasteiger partial charge in [-0.25, -0.2) is 0 Å². The Kier molecular flexibility index (Phi) is 3.29. The van der Waals surface area contributed by atoms with E-state index >= 15 is 0 Å². The van der Waals surface area contributed by atoms with Crippen LogP contribution in [0, 0.1) is 19.1 Å². The van der Waals surface area contributed by atoms with Gasteiger partial charge in [-0.15, -0.1) is 0 Å². The third-order valence-corrected chi connectivity index (χ3v) is 3.66. The van der Waals surface area contributed by atoms with Gasteiger partial charge in [0, 0.05) is 17.5 Å². The Morgan fingerprint density at radius 2 is 1.90 bits per heavy atom. The molecule has 0 aromatic heterocycles. The van der Waals surface area contributed by atoms with E-state index in [1.54, 1.807) is 0 Å². The van der Waals surface area contributed by atoms with Crippen molar-refractivity contribution in [3.8, 4) is 5.75 Å². The molecule has 0 bridgehead atoms. The largest absolute Gasteiger partial charge is 0.507 e. The highest BCUT2D eigenvalue weighted by atomic mass is 79.9. The normalized spacial score (nSPS) is 13.7. The van der Waals surface area contributed by atoms with Crippen LogP contribution in [-0.2, 0) is 0 Å². The zero-order valence-electron chi connectivity index (χ0n) is 10.8. The topological polar surface area (TPSA) is 45.0 Å². The third kappa shape index (κ3) is 2.33. The molecule has 0 radical (unpaired) electrons. The number of phenols is 1. The highest BCUT2D eigenvalue weighted by Crippen LogP contribution is 2.26. The molecule has 98 valence electrons. The Morgan fingerprint density at radius 3 is 2.65 bits per heavy atom. The predicted molar refractivity (Wildman–Crippen MR) is 82.3 cm³/mol. The first-order valence-electron chi connectivity index (χ1n) is 6.17. The molecule has 1 aliphatic rings. The van der Waals surface area contributed by atoms with Crippen molar-refractivity contribution in [2.24, 2.45) is 10.2 Å².